The van der Waals surface area contributed by atoms with Gasteiger partial charge in [0.15, 0.2) is 40.7 Å². The van der Waals surface area contributed by atoms with Gasteiger partial charge in [0.2, 0.25) is 21.5 Å². The number of hydrogen-bond acceptors (Lipinski definition) is 10. The molecule has 0 radical (unpaired) electrons. The topological polar surface area (TPSA) is 97.7 Å². The molecule has 0 spiro atoms. The van der Waals surface area contributed by atoms with Crippen LogP contribution in [0.25, 0.3) is 11.1 Å². The van der Waals surface area contributed by atoms with Crippen LogP contribution < -0.4 is 4.74 Å². The molecule has 1 N–H and O–H groups in total. The number of halogens is 8. The number of sulfone groups is 1. The molecule has 344 valence electrons. The molecule has 7 aromatic carbocycles. The first-order valence-electron chi connectivity index (χ1n) is 18.6. The van der Waals surface area contributed by atoms with Crippen LogP contribution in [0.2, 0.25) is 0 Å². The molecule has 0 aliphatic carbocycles. The van der Waals surface area contributed by atoms with Crippen molar-refractivity contribution in [1.29, 1.82) is 0 Å². The molecule has 0 heterocycles. The summed E-state index contributed by atoms with van der Waals surface area (Å²) in [7, 11) is -9.01. The molecule has 0 saturated carbocycles. The van der Waals surface area contributed by atoms with Gasteiger partial charge in [0, 0.05) is 39.2 Å². The molecule has 0 unspecified atom stereocenters. The van der Waals surface area contributed by atoms with Crippen molar-refractivity contribution in [2.45, 2.75) is 58.7 Å². The highest BCUT2D eigenvalue weighted by Gasteiger charge is 2.35. The Morgan fingerprint density at radius 2 is 0.881 bits per heavy atom. The van der Waals surface area contributed by atoms with Crippen molar-refractivity contribution in [3.8, 4) is 29.2 Å². The van der Waals surface area contributed by atoms with Crippen LogP contribution >= 0.6 is 58.8 Å². The van der Waals surface area contributed by atoms with Gasteiger partial charge in [-0.1, -0.05) is 53.0 Å². The molecule has 6 nitrogen and oxygen atoms in total. The standard InChI is InChI=1S/C46H26F8O6S7/c1-3-22-60-45-41(51)37(47)35(38(48)42(45)52)36-39(49)43(53)46(44(54)40(36)50)65-30-14-12-27(13-15-30)62-25-8-10-26(11-9-25)63-28-16-18-31(19-17-28)66(55,56)32-20-21-33(34(23-32)67(57,58)59)64-29-6-4-24(61-2)5-7-29/h1,4-21,23H,22H2,2H3,(H,57,58,59). The maximum absolute atomic E-state index is 15.2. The van der Waals surface area contributed by atoms with Gasteiger partial charge in [0.05, 0.1) is 25.8 Å². The zero-order valence-electron chi connectivity index (χ0n) is 33.6. The molecule has 7 rings (SSSR count). The molecule has 0 fully saturated rings. The van der Waals surface area contributed by atoms with E-state index in [0.717, 1.165) is 32.5 Å². The van der Waals surface area contributed by atoms with Crippen LogP contribution in [0.4, 0.5) is 35.1 Å². The molecule has 0 aliphatic heterocycles. The average molecular weight is 1050 g/mol. The van der Waals surface area contributed by atoms with Crippen LogP contribution in [0.5, 0.6) is 5.75 Å². The zero-order valence-corrected chi connectivity index (χ0v) is 39.3. The van der Waals surface area contributed by atoms with Crippen molar-refractivity contribution in [3.05, 3.63) is 162 Å². The van der Waals surface area contributed by atoms with Crippen molar-refractivity contribution < 1.29 is 61.2 Å². The van der Waals surface area contributed by atoms with E-state index in [0.29, 0.717) is 14.7 Å². The van der Waals surface area contributed by atoms with E-state index in [4.69, 9.17) is 6.42 Å². The zero-order chi connectivity index (χ0) is 48.4. The van der Waals surface area contributed by atoms with Crippen molar-refractivity contribution in [2.75, 3.05) is 12.9 Å². The van der Waals surface area contributed by atoms with Gasteiger partial charge in [0.25, 0.3) is 10.1 Å². The Bertz CT molecular complexity index is 3240. The Balaban J connectivity index is 1.00. The summed E-state index contributed by atoms with van der Waals surface area (Å²) in [6, 6.07) is 29.8. The molecular weight excluding hydrogens is 1020 g/mol. The molecule has 7 aromatic rings. The monoisotopic (exact) mass is 1050 g/mol. The third-order valence-electron chi connectivity index (χ3n) is 9.26. The first kappa shape index (κ1) is 49.8. The molecule has 21 heteroatoms. The normalized spacial score (nSPS) is 11.7. The second kappa shape index (κ2) is 20.7. The summed E-state index contributed by atoms with van der Waals surface area (Å²) >= 11 is 5.44. The molecule has 0 aromatic heterocycles. The van der Waals surface area contributed by atoms with Crippen LogP contribution in [-0.2, 0) is 20.0 Å². The van der Waals surface area contributed by atoms with Crippen LogP contribution in [0, 0.1) is 58.9 Å². The lowest BCUT2D eigenvalue weighted by atomic mass is 10.0. The van der Waals surface area contributed by atoms with Crippen LogP contribution in [-0.4, -0.2) is 34.3 Å². The van der Waals surface area contributed by atoms with Gasteiger partial charge in [-0.05, 0) is 122 Å². The van der Waals surface area contributed by atoms with Crippen LogP contribution in [0.1, 0.15) is 0 Å². The molecule has 0 bridgehead atoms. The molecular formula is C46H26F8O6S7. The Labute approximate surface area is 400 Å². The van der Waals surface area contributed by atoms with E-state index in [2.05, 4.69) is 4.74 Å². The lowest BCUT2D eigenvalue weighted by Crippen LogP contribution is -2.10. The molecule has 0 amide bonds. The Hall–Kier alpha value is -5.05. The number of benzene rings is 7. The van der Waals surface area contributed by atoms with Gasteiger partial charge in [-0.3, -0.25) is 4.55 Å². The number of ether oxygens (including phenoxy) is 1. The smallest absolute Gasteiger partial charge is 0.295 e. The fourth-order valence-electron chi connectivity index (χ4n) is 6.07. The molecule has 0 aliphatic rings. The SMILES string of the molecule is C#CCOc1c(F)c(F)c(-c2c(F)c(F)c(Sc3ccc(Sc4ccc(Sc5ccc(S(=O)(=O)c6ccc(Sc7ccc(SC)cc7)c(S(=O)(=O)O)c6)cc5)cc4)cc3)c(F)c2F)c(F)c1F. The maximum Gasteiger partial charge on any atom is 0.295 e. The first-order chi connectivity index (χ1) is 31.8. The molecule has 0 saturated heterocycles. The lowest BCUT2D eigenvalue weighted by molar-refractivity contribution is 0.307. The van der Waals surface area contributed by atoms with Crippen molar-refractivity contribution in [1.82, 2.24) is 0 Å². The maximum atomic E-state index is 15.2. The highest BCUT2D eigenvalue weighted by molar-refractivity contribution is 8.00. The van der Waals surface area contributed by atoms with E-state index < -0.39 is 99.8 Å². The summed E-state index contributed by atoms with van der Waals surface area (Å²) in [5.74, 6) is -17.8. The minimum absolute atomic E-state index is 0.0900. The highest BCUT2D eigenvalue weighted by atomic mass is 32.2. The third-order valence-corrected chi connectivity index (χ3v) is 17.0. The summed E-state index contributed by atoms with van der Waals surface area (Å²) in [6.07, 6.45) is 6.82. The van der Waals surface area contributed by atoms with E-state index in [1.807, 2.05) is 18.4 Å². The quantitative estimate of drug-likeness (QED) is 0.0349. The van der Waals surface area contributed by atoms with E-state index in [-0.39, 0.29) is 31.3 Å². The van der Waals surface area contributed by atoms with Crippen molar-refractivity contribution >= 4 is 78.8 Å². The average Bonchev–Trinajstić information content (AvgIpc) is 3.31. The van der Waals surface area contributed by atoms with E-state index in [1.54, 1.807) is 66.6 Å². The predicted octanol–water partition coefficient (Wildman–Crippen LogP) is 13.9. The van der Waals surface area contributed by atoms with Gasteiger partial charge < -0.3 is 4.74 Å². The highest BCUT2D eigenvalue weighted by Crippen LogP contribution is 2.44. The summed E-state index contributed by atoms with van der Waals surface area (Å²) in [5, 5.41) is 0. The predicted molar refractivity (Wildman–Crippen MR) is 242 cm³/mol. The van der Waals surface area contributed by atoms with Crippen LogP contribution in [0.15, 0.2) is 174 Å². The Morgan fingerprint density at radius 1 is 0.507 bits per heavy atom. The van der Waals surface area contributed by atoms with Gasteiger partial charge in [-0.25, -0.2) is 34.8 Å². The fourth-order valence-corrected chi connectivity index (χ4v) is 12.2. The number of rotatable bonds is 15. The minimum Gasteiger partial charge on any atom is -0.475 e. The fraction of sp³-hybridized carbons (Fsp3) is 0.0435. The Morgan fingerprint density at radius 3 is 1.30 bits per heavy atom. The Kier molecular flexibility index (Phi) is 15.4. The van der Waals surface area contributed by atoms with Crippen LogP contribution in [0.3, 0.4) is 0 Å². The van der Waals surface area contributed by atoms with Gasteiger partial charge in [-0.15, -0.1) is 18.2 Å². The van der Waals surface area contributed by atoms with Gasteiger partial charge >= 0.3 is 0 Å². The third kappa shape index (κ3) is 10.8. The number of thioether (sulfide) groups is 1. The second-order valence-corrected chi connectivity index (χ2v) is 22.2. The lowest BCUT2D eigenvalue weighted by Gasteiger charge is -2.15. The largest absolute Gasteiger partial charge is 0.475 e. The summed E-state index contributed by atoms with van der Waals surface area (Å²) in [4.78, 5) is 2.55. The van der Waals surface area contributed by atoms with E-state index >= 15 is 17.6 Å². The second-order valence-electron chi connectivity index (χ2n) is 13.5. The van der Waals surface area contributed by atoms with Gasteiger partial charge in [-0.2, -0.15) is 17.2 Å². The molecule has 0 atom stereocenters. The first-order valence-corrected chi connectivity index (χ1v) is 26.0. The number of terminal acetylenes is 1. The summed E-state index contributed by atoms with van der Waals surface area (Å²) < 4.78 is 186. The number of hydrogen-bond donors (Lipinski definition) is 1. The summed E-state index contributed by atoms with van der Waals surface area (Å²) in [5.41, 5.74) is -4.05. The minimum atomic E-state index is -4.80. The molecule has 67 heavy (non-hydrogen) atoms. The van der Waals surface area contributed by atoms with Crippen molar-refractivity contribution in [3.63, 3.8) is 0 Å². The van der Waals surface area contributed by atoms with E-state index in [9.17, 15) is 39.0 Å². The van der Waals surface area contributed by atoms with E-state index in [1.165, 1.54) is 71.7 Å². The van der Waals surface area contributed by atoms with Crippen molar-refractivity contribution in [2.24, 2.45) is 0 Å². The van der Waals surface area contributed by atoms with Gasteiger partial charge in [0.1, 0.15) is 11.5 Å². The summed E-state index contributed by atoms with van der Waals surface area (Å²) in [6.45, 7) is -0.835.